The second-order valence-corrected chi connectivity index (χ2v) is 12.4. The van der Waals surface area contributed by atoms with Crippen LogP contribution in [0.2, 0.25) is 0 Å². The predicted molar refractivity (Wildman–Crippen MR) is 103 cm³/mol. The lowest BCUT2D eigenvalue weighted by molar-refractivity contribution is -0.247. The van der Waals surface area contributed by atoms with Gasteiger partial charge < -0.3 is 20.1 Å². The van der Waals surface area contributed by atoms with Crippen LogP contribution >= 0.6 is 0 Å². The molecule has 6 aliphatic carbocycles. The third-order valence-corrected chi connectivity index (χ3v) is 11.9. The first-order valence-corrected chi connectivity index (χ1v) is 12.0. The highest BCUT2D eigenvalue weighted by atomic mass is 16.6. The van der Waals surface area contributed by atoms with Crippen LogP contribution in [0.5, 0.6) is 0 Å². The van der Waals surface area contributed by atoms with E-state index in [1.165, 1.54) is 25.7 Å². The number of ether oxygens (including phenoxy) is 1. The molecule has 0 aromatic rings. The topological polar surface area (TPSA) is 69.9 Å². The summed E-state index contributed by atoms with van der Waals surface area (Å²) in [5, 5.41) is 32.5. The molecule has 3 N–H and O–H groups in total. The number of hydrogen-bond acceptors (Lipinski definition) is 4. The SMILES string of the molecule is C[C@]12CC[C@H]3C([C@H]4CC4[C@]4(O)C[C@@H](O)CC[C@]34C)[C@@H]1C1CC1[C@@]21CCC(O)O1. The van der Waals surface area contributed by atoms with Crippen LogP contribution in [-0.4, -0.2) is 38.9 Å². The summed E-state index contributed by atoms with van der Waals surface area (Å²) >= 11 is 0. The van der Waals surface area contributed by atoms with Gasteiger partial charge in [0.1, 0.15) is 0 Å². The Labute approximate surface area is 168 Å². The molecule has 13 atom stereocenters. The molecule has 0 aromatic carbocycles. The van der Waals surface area contributed by atoms with Gasteiger partial charge in [0.25, 0.3) is 0 Å². The normalized spacial score (nSPS) is 71.2. The molecule has 0 bridgehead atoms. The first-order chi connectivity index (χ1) is 13.3. The quantitative estimate of drug-likeness (QED) is 0.596. The molecule has 4 heteroatoms. The van der Waals surface area contributed by atoms with Crippen LogP contribution in [0.25, 0.3) is 0 Å². The molecule has 5 unspecified atom stereocenters. The Kier molecular flexibility index (Phi) is 3.03. The zero-order valence-corrected chi connectivity index (χ0v) is 17.3. The minimum absolute atomic E-state index is 0.0356. The van der Waals surface area contributed by atoms with E-state index in [2.05, 4.69) is 13.8 Å². The van der Waals surface area contributed by atoms with Crippen molar-refractivity contribution in [2.75, 3.05) is 0 Å². The van der Waals surface area contributed by atoms with Crippen LogP contribution < -0.4 is 0 Å². The van der Waals surface area contributed by atoms with E-state index in [1.807, 2.05) is 0 Å². The smallest absolute Gasteiger partial charge is 0.155 e. The highest BCUT2D eigenvalue weighted by Gasteiger charge is 2.82. The van der Waals surface area contributed by atoms with Crippen molar-refractivity contribution in [2.45, 2.75) is 95.2 Å². The molecule has 1 spiro atoms. The Morgan fingerprint density at radius 3 is 2.32 bits per heavy atom. The van der Waals surface area contributed by atoms with Crippen LogP contribution in [0.15, 0.2) is 0 Å². The van der Waals surface area contributed by atoms with Crippen molar-refractivity contribution in [1.29, 1.82) is 0 Å². The van der Waals surface area contributed by atoms with Gasteiger partial charge in [-0.3, -0.25) is 0 Å². The van der Waals surface area contributed by atoms with Gasteiger partial charge in [-0.2, -0.15) is 0 Å². The second kappa shape index (κ2) is 4.84. The fraction of sp³-hybridized carbons (Fsp3) is 1.00. The Morgan fingerprint density at radius 1 is 0.821 bits per heavy atom. The molecule has 7 fully saturated rings. The molecule has 0 aromatic heterocycles. The van der Waals surface area contributed by atoms with Crippen LogP contribution in [0.1, 0.15) is 71.6 Å². The van der Waals surface area contributed by atoms with E-state index in [4.69, 9.17) is 4.74 Å². The standard InChI is InChI=1S/C24H36O4/c1-21-6-3-12(25)11-23(21,27)16-9-13(16)19-15(21)4-7-22(2)20(19)14-10-17(14)24(22)8-5-18(26)28-24/h12-20,25-27H,3-11H2,1-2H3/t12-,13-,14?,15-,16?,17?,18?,19?,20-,21+,22-,23+,24-/m0/s1. The summed E-state index contributed by atoms with van der Waals surface area (Å²) in [6.07, 6.45) is 8.25. The molecular weight excluding hydrogens is 352 g/mol. The summed E-state index contributed by atoms with van der Waals surface area (Å²) in [5.41, 5.74) is -0.559. The van der Waals surface area contributed by atoms with E-state index < -0.39 is 11.9 Å². The lowest BCUT2D eigenvalue weighted by Crippen LogP contribution is -2.65. The van der Waals surface area contributed by atoms with Gasteiger partial charge in [0.15, 0.2) is 6.29 Å². The van der Waals surface area contributed by atoms with E-state index in [1.54, 1.807) is 0 Å². The van der Waals surface area contributed by atoms with Crippen LogP contribution in [0, 0.1) is 52.3 Å². The van der Waals surface area contributed by atoms with Gasteiger partial charge >= 0.3 is 0 Å². The lowest BCUT2D eigenvalue weighted by Gasteiger charge is -2.65. The number of fused-ring (bicyclic) bond motifs is 12. The molecule has 28 heavy (non-hydrogen) atoms. The highest BCUT2D eigenvalue weighted by Crippen LogP contribution is 2.83. The molecule has 7 rings (SSSR count). The zero-order valence-electron chi connectivity index (χ0n) is 17.3. The molecule has 1 aliphatic heterocycles. The maximum Gasteiger partial charge on any atom is 0.155 e. The minimum Gasteiger partial charge on any atom is -0.393 e. The number of aliphatic hydroxyl groups excluding tert-OH is 2. The van der Waals surface area contributed by atoms with Crippen LogP contribution in [0.3, 0.4) is 0 Å². The summed E-state index contributed by atoms with van der Waals surface area (Å²) in [5.74, 6) is 4.53. The summed E-state index contributed by atoms with van der Waals surface area (Å²) in [6, 6.07) is 0. The largest absolute Gasteiger partial charge is 0.393 e. The number of aliphatic hydroxyl groups is 3. The third kappa shape index (κ3) is 1.67. The van der Waals surface area contributed by atoms with Gasteiger partial charge in [0, 0.05) is 18.3 Å². The second-order valence-electron chi connectivity index (χ2n) is 12.4. The average Bonchev–Trinajstić information content (AvgIpc) is 3.54. The van der Waals surface area contributed by atoms with Crippen molar-refractivity contribution in [1.82, 2.24) is 0 Å². The van der Waals surface area contributed by atoms with Crippen molar-refractivity contribution < 1.29 is 20.1 Å². The van der Waals surface area contributed by atoms with Crippen molar-refractivity contribution in [3.8, 4) is 0 Å². The van der Waals surface area contributed by atoms with Crippen molar-refractivity contribution >= 4 is 0 Å². The molecule has 0 amide bonds. The van der Waals surface area contributed by atoms with E-state index in [9.17, 15) is 15.3 Å². The summed E-state index contributed by atoms with van der Waals surface area (Å²) < 4.78 is 6.40. The minimum atomic E-state index is -0.649. The molecule has 4 nitrogen and oxygen atoms in total. The van der Waals surface area contributed by atoms with E-state index in [0.29, 0.717) is 36.0 Å². The Bertz CT molecular complexity index is 740. The van der Waals surface area contributed by atoms with Gasteiger partial charge in [-0.05, 0) is 91.8 Å². The maximum absolute atomic E-state index is 11.9. The summed E-state index contributed by atoms with van der Waals surface area (Å²) in [7, 11) is 0. The van der Waals surface area contributed by atoms with Crippen LogP contribution in [0.4, 0.5) is 0 Å². The fourth-order valence-electron chi connectivity index (χ4n) is 10.7. The van der Waals surface area contributed by atoms with Gasteiger partial charge in [0.2, 0.25) is 0 Å². The summed E-state index contributed by atoms with van der Waals surface area (Å²) in [4.78, 5) is 0. The Morgan fingerprint density at radius 2 is 1.57 bits per heavy atom. The fourth-order valence-corrected chi connectivity index (χ4v) is 10.7. The van der Waals surface area contributed by atoms with Gasteiger partial charge in [-0.15, -0.1) is 0 Å². The molecular formula is C24H36O4. The zero-order chi connectivity index (χ0) is 19.3. The molecule has 7 aliphatic rings. The number of hydrogen-bond donors (Lipinski definition) is 3. The first-order valence-electron chi connectivity index (χ1n) is 12.0. The van der Waals surface area contributed by atoms with E-state index in [-0.39, 0.29) is 22.5 Å². The predicted octanol–water partition coefficient (Wildman–Crippen LogP) is 3.08. The molecule has 156 valence electrons. The van der Waals surface area contributed by atoms with Crippen molar-refractivity contribution in [3.63, 3.8) is 0 Å². The molecule has 1 saturated heterocycles. The maximum atomic E-state index is 11.9. The van der Waals surface area contributed by atoms with Gasteiger partial charge in [-0.25, -0.2) is 0 Å². The van der Waals surface area contributed by atoms with Crippen LogP contribution in [-0.2, 0) is 4.74 Å². The average molecular weight is 389 g/mol. The molecule has 1 heterocycles. The Balaban J connectivity index is 1.31. The first kappa shape index (κ1) is 17.5. The van der Waals surface area contributed by atoms with Gasteiger partial charge in [0.05, 0.1) is 17.3 Å². The van der Waals surface area contributed by atoms with Gasteiger partial charge in [-0.1, -0.05) is 13.8 Å². The third-order valence-electron chi connectivity index (χ3n) is 11.9. The van der Waals surface area contributed by atoms with E-state index >= 15 is 0 Å². The van der Waals surface area contributed by atoms with E-state index in [0.717, 1.165) is 37.5 Å². The molecule has 6 saturated carbocycles. The van der Waals surface area contributed by atoms with Crippen molar-refractivity contribution in [2.24, 2.45) is 52.3 Å². The highest BCUT2D eigenvalue weighted by molar-refractivity contribution is 5.30. The van der Waals surface area contributed by atoms with Crippen molar-refractivity contribution in [3.05, 3.63) is 0 Å². The monoisotopic (exact) mass is 388 g/mol. The lowest BCUT2D eigenvalue weighted by atomic mass is 9.42. The number of rotatable bonds is 0. The summed E-state index contributed by atoms with van der Waals surface area (Å²) in [6.45, 7) is 4.88. The Hall–Kier alpha value is -0.160. The molecule has 0 radical (unpaired) electrons.